The van der Waals surface area contributed by atoms with Crippen molar-refractivity contribution >= 4 is 17.5 Å². The molecule has 0 radical (unpaired) electrons. The Morgan fingerprint density at radius 1 is 1.03 bits per heavy atom. The number of hydrogen-bond acceptors (Lipinski definition) is 7. The molecule has 180 valence electrons. The van der Waals surface area contributed by atoms with Gasteiger partial charge in [-0.1, -0.05) is 24.8 Å². The molecule has 35 heavy (non-hydrogen) atoms. The third kappa shape index (κ3) is 4.68. The van der Waals surface area contributed by atoms with Crippen molar-refractivity contribution in [2.24, 2.45) is 0 Å². The lowest BCUT2D eigenvalue weighted by molar-refractivity contribution is 0.102. The van der Waals surface area contributed by atoms with E-state index in [0.29, 0.717) is 12.3 Å². The van der Waals surface area contributed by atoms with Gasteiger partial charge in [-0.15, -0.1) is 10.2 Å². The summed E-state index contributed by atoms with van der Waals surface area (Å²) >= 11 is 1.43. The van der Waals surface area contributed by atoms with E-state index in [1.54, 1.807) is 12.4 Å². The van der Waals surface area contributed by atoms with E-state index in [2.05, 4.69) is 31.2 Å². The van der Waals surface area contributed by atoms with Gasteiger partial charge in [-0.2, -0.15) is 0 Å². The molecular weight excluding hydrogens is 462 g/mol. The van der Waals surface area contributed by atoms with Crippen LogP contribution in [-0.2, 0) is 13.1 Å². The molecule has 4 heterocycles. The maximum Gasteiger partial charge on any atom is 0.231 e. The second-order valence-corrected chi connectivity index (χ2v) is 9.41. The highest BCUT2D eigenvalue weighted by molar-refractivity contribution is 7.99. The highest BCUT2D eigenvalue weighted by Crippen LogP contribution is 2.33. The average Bonchev–Trinajstić information content (AvgIpc) is 3.57. The van der Waals surface area contributed by atoms with E-state index < -0.39 is 0 Å². The fraction of sp³-hybridized carbons (Fsp3) is 0.308. The van der Waals surface area contributed by atoms with Crippen LogP contribution in [0.5, 0.6) is 11.5 Å². The number of thioether (sulfide) groups is 1. The summed E-state index contributed by atoms with van der Waals surface area (Å²) < 4.78 is 15.2. The van der Waals surface area contributed by atoms with Gasteiger partial charge in [-0.05, 0) is 56.2 Å². The number of carbonyl (C=O) groups is 1. The van der Waals surface area contributed by atoms with Gasteiger partial charge in [0.05, 0.1) is 5.75 Å². The number of pyridine rings is 1. The van der Waals surface area contributed by atoms with Gasteiger partial charge in [0.1, 0.15) is 0 Å². The maximum absolute atomic E-state index is 13.2. The summed E-state index contributed by atoms with van der Waals surface area (Å²) in [5, 5.41) is 9.53. The Morgan fingerprint density at radius 2 is 1.83 bits per heavy atom. The molecule has 1 aliphatic heterocycles. The average molecular weight is 490 g/mol. The molecule has 0 aliphatic carbocycles. The van der Waals surface area contributed by atoms with E-state index in [9.17, 15) is 4.79 Å². The van der Waals surface area contributed by atoms with Gasteiger partial charge in [0, 0.05) is 48.0 Å². The molecule has 0 saturated carbocycles. The quantitative estimate of drug-likeness (QED) is 0.244. The van der Waals surface area contributed by atoms with Crippen LogP contribution in [0.4, 0.5) is 0 Å². The third-order valence-corrected chi connectivity index (χ3v) is 7.05. The topological polar surface area (TPSA) is 84.1 Å². The second-order valence-electron chi connectivity index (χ2n) is 8.46. The van der Waals surface area contributed by atoms with Gasteiger partial charge in [0.25, 0.3) is 0 Å². The summed E-state index contributed by atoms with van der Waals surface area (Å²) in [5.41, 5.74) is 4.81. The Hall–Kier alpha value is -3.59. The molecule has 0 N–H and O–H groups in total. The first-order valence-corrected chi connectivity index (χ1v) is 12.6. The molecule has 0 saturated heterocycles. The Morgan fingerprint density at radius 3 is 2.63 bits per heavy atom. The van der Waals surface area contributed by atoms with Crippen LogP contribution in [0, 0.1) is 13.8 Å². The molecule has 0 bridgehead atoms. The van der Waals surface area contributed by atoms with Gasteiger partial charge in [0.15, 0.2) is 28.3 Å². The van der Waals surface area contributed by atoms with Crippen LogP contribution in [0.15, 0.2) is 53.9 Å². The van der Waals surface area contributed by atoms with Crippen LogP contribution in [0.3, 0.4) is 0 Å². The molecule has 3 aromatic heterocycles. The number of aryl methyl sites for hydroxylation is 1. The van der Waals surface area contributed by atoms with Crippen molar-refractivity contribution < 1.29 is 14.3 Å². The molecule has 0 fully saturated rings. The Kier molecular flexibility index (Phi) is 6.59. The highest BCUT2D eigenvalue weighted by atomic mass is 32.2. The number of ketones is 1. The van der Waals surface area contributed by atoms with Crippen molar-refractivity contribution in [1.29, 1.82) is 0 Å². The van der Waals surface area contributed by atoms with Crippen LogP contribution in [0.2, 0.25) is 0 Å². The van der Waals surface area contributed by atoms with Gasteiger partial charge in [-0.25, -0.2) is 0 Å². The number of nitrogens with zero attached hydrogens (tertiary/aromatic N) is 5. The van der Waals surface area contributed by atoms with Crippen LogP contribution in [0.25, 0.3) is 11.4 Å². The second kappa shape index (κ2) is 9.95. The lowest BCUT2D eigenvalue weighted by Crippen LogP contribution is -2.08. The molecular formula is C26H27N5O3S. The largest absolute Gasteiger partial charge is 0.454 e. The number of Topliss-reactive ketones (excluding diaryl/α,β-unsaturated/α-hetero) is 1. The zero-order valence-corrected chi connectivity index (χ0v) is 20.8. The number of ether oxygens (including phenoxy) is 2. The normalized spacial score (nSPS) is 12.3. The zero-order chi connectivity index (χ0) is 24.4. The molecule has 9 heteroatoms. The smallest absolute Gasteiger partial charge is 0.231 e. The van der Waals surface area contributed by atoms with E-state index in [1.807, 2.05) is 50.2 Å². The molecule has 0 spiro atoms. The lowest BCUT2D eigenvalue weighted by atomic mass is 10.1. The van der Waals surface area contributed by atoms with Crippen molar-refractivity contribution in [2.45, 2.75) is 45.4 Å². The monoisotopic (exact) mass is 489 g/mol. The summed E-state index contributed by atoms with van der Waals surface area (Å²) in [6, 6.07) is 11.8. The number of fused-ring (bicyclic) bond motifs is 1. The number of rotatable bonds is 9. The number of hydrogen-bond donors (Lipinski definition) is 0. The SMILES string of the molecule is CCCn1c(SCC(=O)c2cc(C)n(Cc3ccc4c(c3)OCO4)c2C)nnc1-c1ccncc1. The molecule has 1 aliphatic rings. The van der Waals surface area contributed by atoms with E-state index in [-0.39, 0.29) is 12.6 Å². The summed E-state index contributed by atoms with van der Waals surface area (Å²) in [6.45, 7) is 7.85. The van der Waals surface area contributed by atoms with Crippen molar-refractivity contribution in [1.82, 2.24) is 24.3 Å². The molecule has 4 aromatic rings. The molecule has 0 atom stereocenters. The van der Waals surface area contributed by atoms with Gasteiger partial charge in [0.2, 0.25) is 6.79 Å². The first kappa shape index (κ1) is 23.2. The fourth-order valence-corrected chi connectivity index (χ4v) is 5.14. The Labute approximate surface area is 208 Å². The lowest BCUT2D eigenvalue weighted by Gasteiger charge is -2.11. The van der Waals surface area contributed by atoms with Gasteiger partial charge in [-0.3, -0.25) is 9.78 Å². The number of aromatic nitrogens is 5. The van der Waals surface area contributed by atoms with Crippen molar-refractivity contribution in [3.8, 4) is 22.9 Å². The maximum atomic E-state index is 13.2. The Bertz CT molecular complexity index is 1360. The highest BCUT2D eigenvalue weighted by Gasteiger charge is 2.20. The predicted octanol–water partition coefficient (Wildman–Crippen LogP) is 4.92. The third-order valence-electron chi connectivity index (χ3n) is 6.09. The van der Waals surface area contributed by atoms with E-state index in [4.69, 9.17) is 9.47 Å². The molecule has 5 rings (SSSR count). The fourth-order valence-electron chi connectivity index (χ4n) is 4.29. The number of benzene rings is 1. The first-order valence-electron chi connectivity index (χ1n) is 11.6. The van der Waals surface area contributed by atoms with Crippen LogP contribution in [-0.4, -0.2) is 42.6 Å². The minimum Gasteiger partial charge on any atom is -0.454 e. The van der Waals surface area contributed by atoms with Crippen molar-refractivity contribution in [2.75, 3.05) is 12.5 Å². The molecule has 0 amide bonds. The van der Waals surface area contributed by atoms with Gasteiger partial charge >= 0.3 is 0 Å². The van der Waals surface area contributed by atoms with E-state index in [1.165, 1.54) is 11.8 Å². The number of carbonyl (C=O) groups excluding carboxylic acids is 1. The van der Waals surface area contributed by atoms with Crippen molar-refractivity contribution in [3.63, 3.8) is 0 Å². The van der Waals surface area contributed by atoms with E-state index >= 15 is 0 Å². The van der Waals surface area contributed by atoms with Gasteiger partial charge < -0.3 is 18.6 Å². The summed E-state index contributed by atoms with van der Waals surface area (Å²) in [4.78, 5) is 17.3. The summed E-state index contributed by atoms with van der Waals surface area (Å²) in [5.74, 6) is 2.71. The van der Waals surface area contributed by atoms with Crippen LogP contribution in [0.1, 0.15) is 40.7 Å². The first-order chi connectivity index (χ1) is 17.0. The minimum atomic E-state index is 0.0801. The molecule has 1 aromatic carbocycles. The van der Waals surface area contributed by atoms with Crippen molar-refractivity contribution in [3.05, 3.63) is 71.3 Å². The standard InChI is InChI=1S/C26H27N5O3S/c1-4-11-30-25(20-7-9-27-10-8-20)28-29-26(30)35-15-22(32)21-12-17(2)31(18(21)3)14-19-5-6-23-24(13-19)34-16-33-23/h5-10,12-13H,4,11,14-16H2,1-3H3. The summed E-state index contributed by atoms with van der Waals surface area (Å²) in [6.07, 6.45) is 4.44. The molecule has 8 nitrogen and oxygen atoms in total. The Balaban J connectivity index is 1.32. The van der Waals surface area contributed by atoms with Crippen LogP contribution < -0.4 is 9.47 Å². The zero-order valence-electron chi connectivity index (χ0n) is 20.0. The van der Waals surface area contributed by atoms with E-state index in [0.717, 1.165) is 63.5 Å². The minimum absolute atomic E-state index is 0.0801. The van der Waals surface area contributed by atoms with Crippen LogP contribution >= 0.6 is 11.8 Å². The summed E-state index contributed by atoms with van der Waals surface area (Å²) in [7, 11) is 0. The predicted molar refractivity (Wildman–Crippen MR) is 134 cm³/mol. The molecule has 0 unspecified atom stereocenters.